The van der Waals surface area contributed by atoms with Crippen LogP contribution in [0.3, 0.4) is 0 Å². The van der Waals surface area contributed by atoms with E-state index >= 15 is 0 Å². The largest absolute Gasteiger partial charge is 0.394 e. The van der Waals surface area contributed by atoms with Crippen molar-refractivity contribution in [3.05, 3.63) is 77.9 Å². The van der Waals surface area contributed by atoms with Crippen LogP contribution >= 0.6 is 0 Å². The molecule has 0 aromatic heterocycles. The first-order chi connectivity index (χ1) is 16.8. The van der Waals surface area contributed by atoms with Crippen molar-refractivity contribution in [3.63, 3.8) is 0 Å². The number of hydrogen-bond acceptors (Lipinski definition) is 5. The second-order valence-corrected chi connectivity index (χ2v) is 11.2. The van der Waals surface area contributed by atoms with Gasteiger partial charge in [-0.05, 0) is 49.8 Å². The van der Waals surface area contributed by atoms with E-state index in [-0.39, 0.29) is 23.8 Å². The van der Waals surface area contributed by atoms with Gasteiger partial charge in [-0.3, -0.25) is 4.79 Å². The van der Waals surface area contributed by atoms with Crippen molar-refractivity contribution < 1.29 is 23.1 Å². The first-order valence-corrected chi connectivity index (χ1v) is 13.7. The minimum Gasteiger partial charge on any atom is -0.394 e. The summed E-state index contributed by atoms with van der Waals surface area (Å²) < 4.78 is 34.0. The molecule has 2 aromatic rings. The maximum atomic E-state index is 12.9. The summed E-state index contributed by atoms with van der Waals surface area (Å²) in [4.78, 5) is 14.9. The molecule has 3 atom stereocenters. The van der Waals surface area contributed by atoms with Crippen LogP contribution in [-0.4, -0.2) is 62.3 Å². The first kappa shape index (κ1) is 25.6. The van der Waals surface area contributed by atoms with Crippen LogP contribution in [-0.2, 0) is 26.0 Å². The van der Waals surface area contributed by atoms with Gasteiger partial charge in [-0.1, -0.05) is 60.2 Å². The number of amides is 1. The lowest BCUT2D eigenvalue weighted by Crippen LogP contribution is -2.49. The highest BCUT2D eigenvalue weighted by Crippen LogP contribution is 2.24. The van der Waals surface area contributed by atoms with Gasteiger partial charge >= 0.3 is 0 Å². The number of ether oxygens (including phenoxy) is 1. The first-order valence-electron chi connectivity index (χ1n) is 12.2. The van der Waals surface area contributed by atoms with Gasteiger partial charge in [-0.2, -0.15) is 0 Å². The highest BCUT2D eigenvalue weighted by Gasteiger charge is 2.32. The minimum atomic E-state index is -3.77. The molecule has 2 aliphatic rings. The predicted octanol–water partition coefficient (Wildman–Crippen LogP) is 2.83. The summed E-state index contributed by atoms with van der Waals surface area (Å²) in [5, 5.41) is 9.83. The average molecular weight is 499 g/mol. The van der Waals surface area contributed by atoms with Crippen molar-refractivity contribution in [2.24, 2.45) is 5.92 Å². The summed E-state index contributed by atoms with van der Waals surface area (Å²) in [7, 11) is -3.77. The molecule has 4 rings (SSSR count). The molecule has 2 heterocycles. The summed E-state index contributed by atoms with van der Waals surface area (Å²) >= 11 is 0. The van der Waals surface area contributed by atoms with E-state index in [1.165, 1.54) is 5.56 Å². The quantitative estimate of drug-likeness (QED) is 0.546. The van der Waals surface area contributed by atoms with Gasteiger partial charge in [0.25, 0.3) is 0 Å². The van der Waals surface area contributed by atoms with E-state index in [1.807, 2.05) is 17.9 Å². The number of rotatable bonds is 8. The maximum absolute atomic E-state index is 12.9. The molecule has 1 saturated heterocycles. The molecular formula is C27H34N2O5S. The molecule has 0 bridgehead atoms. The number of carbonyl (C=O) groups excluding carboxylic acids is 1. The van der Waals surface area contributed by atoms with Crippen LogP contribution in [0.1, 0.15) is 30.4 Å². The number of aliphatic hydroxyl groups excluding tert-OH is 1. The number of hydrogen-bond donors (Lipinski definition) is 2. The third kappa shape index (κ3) is 6.79. The normalized spacial score (nSPS) is 23.4. The fourth-order valence-corrected chi connectivity index (χ4v) is 5.93. The second kappa shape index (κ2) is 11.5. The Bertz CT molecular complexity index is 1110. The van der Waals surface area contributed by atoms with E-state index in [0.29, 0.717) is 5.92 Å². The summed E-state index contributed by atoms with van der Waals surface area (Å²) in [5.41, 5.74) is 2.30. The molecule has 8 heteroatoms. The SMILES string of the molecule is Cc1ccc(S(=O)(=O)N[C@@H]2C=C[C@H](CC(=O)N3CCC(Cc4ccccc4)CC3)O[C@H]2CO)cc1. The van der Waals surface area contributed by atoms with E-state index in [2.05, 4.69) is 29.0 Å². The second-order valence-electron chi connectivity index (χ2n) is 9.46. The van der Waals surface area contributed by atoms with Gasteiger partial charge in [-0.25, -0.2) is 13.1 Å². The van der Waals surface area contributed by atoms with E-state index in [1.54, 1.807) is 36.4 Å². The van der Waals surface area contributed by atoms with Gasteiger partial charge in [0.15, 0.2) is 0 Å². The minimum absolute atomic E-state index is 0.0215. The van der Waals surface area contributed by atoms with Crippen molar-refractivity contribution in [2.45, 2.75) is 55.8 Å². The number of carbonyl (C=O) groups is 1. The number of likely N-dealkylation sites (tertiary alicyclic amines) is 1. The molecule has 0 aliphatic carbocycles. The van der Waals surface area contributed by atoms with Crippen molar-refractivity contribution in [2.75, 3.05) is 19.7 Å². The van der Waals surface area contributed by atoms with Crippen LogP contribution in [0.4, 0.5) is 0 Å². The van der Waals surface area contributed by atoms with Crippen molar-refractivity contribution in [1.29, 1.82) is 0 Å². The average Bonchev–Trinajstić information content (AvgIpc) is 2.86. The molecule has 35 heavy (non-hydrogen) atoms. The highest BCUT2D eigenvalue weighted by molar-refractivity contribution is 7.89. The fraction of sp³-hybridized carbons (Fsp3) is 0.444. The number of aryl methyl sites for hydroxylation is 1. The molecule has 2 aliphatic heterocycles. The monoisotopic (exact) mass is 498 g/mol. The molecule has 7 nitrogen and oxygen atoms in total. The number of benzene rings is 2. The zero-order valence-corrected chi connectivity index (χ0v) is 20.9. The van der Waals surface area contributed by atoms with E-state index in [4.69, 9.17) is 4.74 Å². The van der Waals surface area contributed by atoms with Gasteiger partial charge in [0.1, 0.15) is 6.10 Å². The Balaban J connectivity index is 1.29. The lowest BCUT2D eigenvalue weighted by atomic mass is 9.90. The fourth-order valence-electron chi connectivity index (χ4n) is 4.71. The van der Waals surface area contributed by atoms with Crippen LogP contribution < -0.4 is 4.72 Å². The van der Waals surface area contributed by atoms with Crippen LogP contribution in [0.5, 0.6) is 0 Å². The van der Waals surface area contributed by atoms with Gasteiger partial charge < -0.3 is 14.7 Å². The summed E-state index contributed by atoms with van der Waals surface area (Å²) in [6, 6.07) is 16.3. The summed E-state index contributed by atoms with van der Waals surface area (Å²) in [6.45, 7) is 2.99. The van der Waals surface area contributed by atoms with Crippen LogP contribution in [0.25, 0.3) is 0 Å². The van der Waals surface area contributed by atoms with Crippen molar-refractivity contribution >= 4 is 15.9 Å². The highest BCUT2D eigenvalue weighted by atomic mass is 32.2. The Morgan fingerprint density at radius 3 is 2.40 bits per heavy atom. The third-order valence-corrected chi connectivity index (χ3v) is 8.27. The van der Waals surface area contributed by atoms with E-state index in [9.17, 15) is 18.3 Å². The van der Waals surface area contributed by atoms with Gasteiger partial charge in [0, 0.05) is 13.1 Å². The molecule has 1 fully saturated rings. The predicted molar refractivity (Wildman–Crippen MR) is 134 cm³/mol. The standard InChI is InChI=1S/C27H34N2O5S/c1-20-7-10-24(11-8-20)35(32,33)28-25-12-9-23(34-26(25)19-30)18-27(31)29-15-13-22(14-16-29)17-21-5-3-2-4-6-21/h2-12,22-23,25-26,28,30H,13-19H2,1H3/t23-,25-,26+/m1/s1. The van der Waals surface area contributed by atoms with E-state index in [0.717, 1.165) is 37.9 Å². The Morgan fingerprint density at radius 1 is 1.06 bits per heavy atom. The molecular weight excluding hydrogens is 464 g/mol. The third-order valence-electron chi connectivity index (χ3n) is 6.80. The zero-order valence-electron chi connectivity index (χ0n) is 20.0. The van der Waals surface area contributed by atoms with Gasteiger partial charge in [0.05, 0.1) is 30.1 Å². The maximum Gasteiger partial charge on any atom is 0.241 e. The number of sulfonamides is 1. The summed E-state index contributed by atoms with van der Waals surface area (Å²) in [5.74, 6) is 0.599. The number of piperidine rings is 1. The summed E-state index contributed by atoms with van der Waals surface area (Å²) in [6.07, 6.45) is 5.29. The topological polar surface area (TPSA) is 95.9 Å². The molecule has 0 spiro atoms. The lowest BCUT2D eigenvalue weighted by molar-refractivity contribution is -0.136. The molecule has 188 valence electrons. The smallest absolute Gasteiger partial charge is 0.241 e. The molecule has 0 unspecified atom stereocenters. The van der Waals surface area contributed by atoms with Crippen LogP contribution in [0, 0.1) is 12.8 Å². The number of nitrogens with one attached hydrogen (secondary N) is 1. The van der Waals surface area contributed by atoms with E-state index < -0.39 is 28.3 Å². The number of aliphatic hydroxyl groups is 1. The molecule has 2 N–H and O–H groups in total. The van der Waals surface area contributed by atoms with Gasteiger partial charge in [-0.15, -0.1) is 0 Å². The van der Waals surface area contributed by atoms with Crippen LogP contribution in [0.2, 0.25) is 0 Å². The molecule has 1 amide bonds. The Hall–Kier alpha value is -2.52. The van der Waals surface area contributed by atoms with Crippen LogP contribution in [0.15, 0.2) is 71.6 Å². The lowest BCUT2D eigenvalue weighted by Gasteiger charge is -2.35. The Labute approximate surface area is 207 Å². The number of nitrogens with zero attached hydrogens (tertiary/aromatic N) is 1. The molecule has 0 saturated carbocycles. The Morgan fingerprint density at radius 2 is 1.74 bits per heavy atom. The molecule has 2 aromatic carbocycles. The zero-order chi connectivity index (χ0) is 24.8. The van der Waals surface area contributed by atoms with Crippen molar-refractivity contribution in [3.8, 4) is 0 Å². The van der Waals surface area contributed by atoms with Crippen molar-refractivity contribution in [1.82, 2.24) is 9.62 Å². The van der Waals surface area contributed by atoms with Gasteiger partial charge in [0.2, 0.25) is 15.9 Å². The Kier molecular flexibility index (Phi) is 8.38. The molecule has 0 radical (unpaired) electrons.